The number of anilines is 1. The predicted octanol–water partition coefficient (Wildman–Crippen LogP) is 8.15. The number of benzene rings is 1. The fourth-order valence-electron chi connectivity index (χ4n) is 8.56. The molecule has 2 aliphatic heterocycles. The van der Waals surface area contributed by atoms with Crippen molar-refractivity contribution in [2.45, 2.75) is 103 Å². The summed E-state index contributed by atoms with van der Waals surface area (Å²) in [6.07, 6.45) is 24.3. The van der Waals surface area contributed by atoms with E-state index < -0.39 is 0 Å². The molecule has 0 amide bonds. The average molecular weight is 431 g/mol. The van der Waals surface area contributed by atoms with Crippen LogP contribution in [0.5, 0.6) is 0 Å². The van der Waals surface area contributed by atoms with E-state index in [2.05, 4.69) is 60.2 Å². The van der Waals surface area contributed by atoms with E-state index in [9.17, 15) is 0 Å². The molecule has 2 atom stereocenters. The second-order valence-electron chi connectivity index (χ2n) is 11.5. The van der Waals surface area contributed by atoms with Crippen molar-refractivity contribution in [1.82, 2.24) is 4.90 Å². The minimum Gasteiger partial charge on any atom is -0.328 e. The van der Waals surface area contributed by atoms with Crippen molar-refractivity contribution < 1.29 is 0 Å². The first kappa shape index (κ1) is 20.9. The largest absolute Gasteiger partial charge is 0.328 e. The molecule has 6 rings (SSSR count). The molecular weight excluding hydrogens is 388 g/mol. The van der Waals surface area contributed by atoms with Crippen molar-refractivity contribution in [2.24, 2.45) is 23.2 Å². The van der Waals surface area contributed by atoms with Gasteiger partial charge in [0.05, 0.1) is 0 Å². The molecule has 2 heterocycles. The van der Waals surface area contributed by atoms with Gasteiger partial charge in [0.1, 0.15) is 6.17 Å². The molecule has 172 valence electrons. The molecule has 2 heteroatoms. The zero-order chi connectivity index (χ0) is 21.7. The molecule has 0 saturated heterocycles. The lowest BCUT2D eigenvalue weighted by molar-refractivity contribution is 0.115. The van der Waals surface area contributed by atoms with Crippen molar-refractivity contribution in [3.8, 4) is 0 Å². The molecular formula is C30H42N2. The van der Waals surface area contributed by atoms with Gasteiger partial charge in [-0.2, -0.15) is 0 Å². The number of aryl methyl sites for hydroxylation is 1. The van der Waals surface area contributed by atoms with Gasteiger partial charge in [-0.15, -0.1) is 0 Å². The first-order valence-electron chi connectivity index (χ1n) is 13.8. The molecule has 0 spiro atoms. The molecule has 3 saturated carbocycles. The molecule has 32 heavy (non-hydrogen) atoms. The predicted molar refractivity (Wildman–Crippen MR) is 134 cm³/mol. The Morgan fingerprint density at radius 2 is 1.34 bits per heavy atom. The molecule has 0 bridgehead atoms. The average Bonchev–Trinajstić information content (AvgIpc) is 3.61. The van der Waals surface area contributed by atoms with Gasteiger partial charge in [0.2, 0.25) is 0 Å². The van der Waals surface area contributed by atoms with Gasteiger partial charge in [-0.25, -0.2) is 0 Å². The quantitative estimate of drug-likeness (QED) is 0.475. The summed E-state index contributed by atoms with van der Waals surface area (Å²) in [7, 11) is 0. The standard InChI is InChI=1S/C30H42N2/c1-22-12-6-11-19-27(22)32-23(2)28-30(26-17-9-10-18-26,25-15-4-3-5-16-25)20-21-31(28)29(32)24-13-7-8-14-24/h6,11-12,19-21,24-26,29H,3-5,7-10,13-18H2,1-2H3. The number of nitrogens with zero attached hydrogens (tertiary/aromatic N) is 2. The summed E-state index contributed by atoms with van der Waals surface area (Å²) >= 11 is 0. The number of fused-ring (bicyclic) bond motifs is 1. The van der Waals surface area contributed by atoms with Gasteiger partial charge in [-0.05, 0) is 81.8 Å². The van der Waals surface area contributed by atoms with Crippen molar-refractivity contribution in [2.75, 3.05) is 4.90 Å². The van der Waals surface area contributed by atoms with Crippen LogP contribution < -0.4 is 4.90 Å². The Morgan fingerprint density at radius 3 is 2.00 bits per heavy atom. The highest BCUT2D eigenvalue weighted by Crippen LogP contribution is 2.62. The first-order chi connectivity index (χ1) is 15.7. The summed E-state index contributed by atoms with van der Waals surface area (Å²) in [6, 6.07) is 9.14. The van der Waals surface area contributed by atoms with Crippen LogP contribution >= 0.6 is 0 Å². The maximum absolute atomic E-state index is 2.81. The van der Waals surface area contributed by atoms with Crippen molar-refractivity contribution in [3.63, 3.8) is 0 Å². The van der Waals surface area contributed by atoms with Crippen molar-refractivity contribution in [3.05, 3.63) is 53.5 Å². The van der Waals surface area contributed by atoms with Gasteiger partial charge < -0.3 is 9.80 Å². The highest BCUT2D eigenvalue weighted by atomic mass is 15.4. The van der Waals surface area contributed by atoms with E-state index in [-0.39, 0.29) is 5.41 Å². The Labute approximate surface area is 195 Å². The van der Waals surface area contributed by atoms with E-state index in [0.29, 0.717) is 6.17 Å². The molecule has 3 fully saturated rings. The van der Waals surface area contributed by atoms with E-state index in [0.717, 1.165) is 17.8 Å². The fourth-order valence-corrected chi connectivity index (χ4v) is 8.56. The minimum atomic E-state index is 0.287. The van der Waals surface area contributed by atoms with E-state index in [1.807, 2.05) is 0 Å². The van der Waals surface area contributed by atoms with Crippen LogP contribution in [-0.4, -0.2) is 11.1 Å². The lowest BCUT2D eigenvalue weighted by Crippen LogP contribution is -2.44. The minimum absolute atomic E-state index is 0.287. The maximum Gasteiger partial charge on any atom is 0.113 e. The summed E-state index contributed by atoms with van der Waals surface area (Å²) < 4.78 is 0. The summed E-state index contributed by atoms with van der Waals surface area (Å²) in [6.45, 7) is 4.78. The Balaban J connectivity index is 1.50. The van der Waals surface area contributed by atoms with Crippen LogP contribution in [0.1, 0.15) is 96.0 Å². The topological polar surface area (TPSA) is 6.48 Å². The van der Waals surface area contributed by atoms with Crippen molar-refractivity contribution in [1.29, 1.82) is 0 Å². The molecule has 3 aliphatic carbocycles. The van der Waals surface area contributed by atoms with E-state index >= 15 is 0 Å². The van der Waals surface area contributed by atoms with Crippen LogP contribution in [0.25, 0.3) is 0 Å². The molecule has 1 aromatic carbocycles. The number of hydrogen-bond donors (Lipinski definition) is 0. The first-order valence-corrected chi connectivity index (χ1v) is 13.8. The number of para-hydroxylation sites is 1. The van der Waals surface area contributed by atoms with Crippen molar-refractivity contribution >= 4 is 5.69 Å². The number of hydrogen-bond acceptors (Lipinski definition) is 2. The summed E-state index contributed by atoms with van der Waals surface area (Å²) in [5, 5.41) is 0. The summed E-state index contributed by atoms with van der Waals surface area (Å²) in [4.78, 5) is 5.60. The molecule has 0 radical (unpaired) electrons. The Kier molecular flexibility index (Phi) is 5.39. The van der Waals surface area contributed by atoms with Gasteiger partial charge in [0.25, 0.3) is 0 Å². The second-order valence-corrected chi connectivity index (χ2v) is 11.5. The summed E-state index contributed by atoms with van der Waals surface area (Å²) in [5.41, 5.74) is 6.44. The van der Waals surface area contributed by atoms with Crippen LogP contribution in [0.2, 0.25) is 0 Å². The maximum atomic E-state index is 2.81. The number of allylic oxidation sites excluding steroid dienone is 2. The van der Waals surface area contributed by atoms with E-state index in [1.54, 1.807) is 11.4 Å². The van der Waals surface area contributed by atoms with Crippen LogP contribution in [0, 0.1) is 30.1 Å². The monoisotopic (exact) mass is 430 g/mol. The smallest absolute Gasteiger partial charge is 0.113 e. The van der Waals surface area contributed by atoms with Crippen LogP contribution in [-0.2, 0) is 0 Å². The Hall–Kier alpha value is -1.70. The third-order valence-electron chi connectivity index (χ3n) is 9.94. The molecule has 0 aromatic heterocycles. The van der Waals surface area contributed by atoms with Gasteiger partial charge in [0, 0.05) is 28.7 Å². The SMILES string of the molecule is CC1=C2N(C=CC2(C2CCCCC2)C2CCCC2)C(C2CCCC2)N1c1ccccc1C. The summed E-state index contributed by atoms with van der Waals surface area (Å²) in [5.74, 6) is 2.46. The highest BCUT2D eigenvalue weighted by molar-refractivity contribution is 5.63. The molecule has 2 unspecified atom stereocenters. The lowest BCUT2D eigenvalue weighted by atomic mass is 9.60. The third kappa shape index (κ3) is 3.04. The fraction of sp³-hybridized carbons (Fsp3) is 0.667. The Morgan fingerprint density at radius 1 is 0.750 bits per heavy atom. The Bertz CT molecular complexity index is 895. The van der Waals surface area contributed by atoms with Gasteiger partial charge in [0.15, 0.2) is 0 Å². The number of rotatable bonds is 4. The van der Waals surface area contributed by atoms with Crippen LogP contribution in [0.4, 0.5) is 5.69 Å². The van der Waals surface area contributed by atoms with Crippen LogP contribution in [0.3, 0.4) is 0 Å². The zero-order valence-electron chi connectivity index (χ0n) is 20.4. The normalized spacial score (nSPS) is 32.0. The lowest BCUT2D eigenvalue weighted by Gasteiger charge is -2.45. The van der Waals surface area contributed by atoms with Gasteiger partial charge in [-0.1, -0.05) is 69.2 Å². The van der Waals surface area contributed by atoms with E-state index in [4.69, 9.17) is 0 Å². The zero-order valence-corrected chi connectivity index (χ0v) is 20.4. The molecule has 1 aromatic rings. The molecule has 5 aliphatic rings. The van der Waals surface area contributed by atoms with Gasteiger partial charge >= 0.3 is 0 Å². The highest BCUT2D eigenvalue weighted by Gasteiger charge is 2.57. The molecule has 2 nitrogen and oxygen atoms in total. The molecule has 0 N–H and O–H groups in total. The second kappa shape index (κ2) is 8.26. The van der Waals surface area contributed by atoms with E-state index in [1.165, 1.54) is 94.7 Å². The van der Waals surface area contributed by atoms with Gasteiger partial charge in [-0.3, -0.25) is 0 Å². The third-order valence-corrected chi connectivity index (χ3v) is 9.94. The van der Waals surface area contributed by atoms with Crippen LogP contribution in [0.15, 0.2) is 47.9 Å².